The minimum atomic E-state index is -2.82. The van der Waals surface area contributed by atoms with Crippen LogP contribution in [0.3, 0.4) is 0 Å². The Morgan fingerprint density at radius 3 is 2.71 bits per heavy atom. The number of ether oxygens (including phenoxy) is 1. The zero-order valence-corrected chi connectivity index (χ0v) is 19.6. The van der Waals surface area contributed by atoms with Crippen LogP contribution in [0.4, 0.5) is 8.78 Å². The molecule has 4 rings (SSSR count). The van der Waals surface area contributed by atoms with E-state index in [9.17, 15) is 13.6 Å². The first-order chi connectivity index (χ1) is 16.3. The van der Waals surface area contributed by atoms with Crippen molar-refractivity contribution < 1.29 is 18.3 Å². The van der Waals surface area contributed by atoms with Crippen LogP contribution in [0.1, 0.15) is 40.3 Å². The molecule has 1 N–H and O–H groups in total. The Kier molecular flexibility index (Phi) is 6.78. The number of carbonyl (C=O) groups excluding carboxylic acids is 1. The molecule has 34 heavy (non-hydrogen) atoms. The van der Waals surface area contributed by atoms with Crippen molar-refractivity contribution >= 4 is 23.2 Å². The quantitative estimate of drug-likeness (QED) is 0.365. The summed E-state index contributed by atoms with van der Waals surface area (Å²) in [5.74, 6) is 0.0284. The van der Waals surface area contributed by atoms with Crippen LogP contribution in [-0.4, -0.2) is 43.9 Å². The zero-order chi connectivity index (χ0) is 24.4. The number of hydrogen-bond acceptors (Lipinski definition) is 5. The first-order valence-electron chi connectivity index (χ1n) is 10.6. The maximum absolute atomic E-state index is 13.8. The van der Waals surface area contributed by atoms with Crippen molar-refractivity contribution in [2.75, 3.05) is 13.7 Å². The molecule has 1 amide bonds. The number of benzene rings is 1. The summed E-state index contributed by atoms with van der Waals surface area (Å²) in [7, 11) is 1.49. The molecule has 0 saturated carbocycles. The average Bonchev–Trinajstić information content (AvgIpc) is 3.37. The van der Waals surface area contributed by atoms with E-state index in [4.69, 9.17) is 16.3 Å². The van der Waals surface area contributed by atoms with Crippen LogP contribution in [0.2, 0.25) is 5.02 Å². The Labute approximate surface area is 199 Å². The Bertz CT molecular complexity index is 1350. The summed E-state index contributed by atoms with van der Waals surface area (Å²) in [6.07, 6.45) is -0.968. The third kappa shape index (κ3) is 4.45. The highest BCUT2D eigenvalue weighted by molar-refractivity contribution is 6.31. The maximum Gasteiger partial charge on any atom is 0.280 e. The number of hydrogen-bond donors (Lipinski definition) is 1. The first-order valence-corrected chi connectivity index (χ1v) is 11.0. The molecule has 1 aromatic carbocycles. The second-order valence-corrected chi connectivity index (χ2v) is 8.06. The molecule has 0 radical (unpaired) electrons. The smallest absolute Gasteiger partial charge is 0.280 e. The third-order valence-electron chi connectivity index (χ3n) is 5.48. The summed E-state index contributed by atoms with van der Waals surface area (Å²) in [4.78, 5) is 17.3. The summed E-state index contributed by atoms with van der Waals surface area (Å²) in [5, 5.41) is 11.8. The number of fused-ring (bicyclic) bond motifs is 1. The normalized spacial score (nSPS) is 11.4. The lowest BCUT2D eigenvalue weighted by Gasteiger charge is -2.11. The van der Waals surface area contributed by atoms with Crippen molar-refractivity contribution in [1.82, 2.24) is 29.7 Å². The molecule has 0 unspecified atom stereocenters. The molecular weight excluding hydrogens is 466 g/mol. The van der Waals surface area contributed by atoms with Crippen molar-refractivity contribution in [2.45, 2.75) is 33.2 Å². The van der Waals surface area contributed by atoms with Gasteiger partial charge >= 0.3 is 0 Å². The number of aromatic nitrogens is 5. The van der Waals surface area contributed by atoms with Gasteiger partial charge in [0.05, 0.1) is 35.4 Å². The number of aryl methyl sites for hydroxylation is 2. The second-order valence-electron chi connectivity index (χ2n) is 7.68. The highest BCUT2D eigenvalue weighted by Gasteiger charge is 2.22. The number of carbonyl (C=O) groups is 1. The molecule has 4 aromatic rings. The topological polar surface area (TPSA) is 86.3 Å². The van der Waals surface area contributed by atoms with Crippen LogP contribution in [0, 0.1) is 13.8 Å². The number of nitrogens with zero attached hydrogens (tertiary/aromatic N) is 5. The predicted molar refractivity (Wildman–Crippen MR) is 124 cm³/mol. The van der Waals surface area contributed by atoms with E-state index >= 15 is 0 Å². The standard InChI is InChI=1S/C23H23ClF2N6O2/c1-13-20(24)14(2)31(30-13)10-6-9-27-23(33)16-12-28-32-18(21(25)26)11-17(29-22(16)32)15-7-4-5-8-19(15)34-3/h4-5,7-8,11-12,21H,6,9-10H2,1-3H3,(H,27,33). The lowest BCUT2D eigenvalue weighted by Crippen LogP contribution is -2.25. The van der Waals surface area contributed by atoms with Crippen molar-refractivity contribution in [3.05, 3.63) is 64.2 Å². The fourth-order valence-electron chi connectivity index (χ4n) is 3.71. The van der Waals surface area contributed by atoms with Crippen LogP contribution in [0.15, 0.2) is 36.5 Å². The van der Waals surface area contributed by atoms with E-state index in [-0.39, 0.29) is 22.6 Å². The highest BCUT2D eigenvalue weighted by Crippen LogP contribution is 2.32. The fourth-order valence-corrected chi connectivity index (χ4v) is 3.85. The molecule has 178 valence electrons. The highest BCUT2D eigenvalue weighted by atomic mass is 35.5. The van der Waals surface area contributed by atoms with Crippen molar-refractivity contribution in [2.24, 2.45) is 0 Å². The van der Waals surface area contributed by atoms with E-state index in [1.54, 1.807) is 28.9 Å². The summed E-state index contributed by atoms with van der Waals surface area (Å²) in [6.45, 7) is 4.63. The van der Waals surface area contributed by atoms with Gasteiger partial charge in [0.1, 0.15) is 17.0 Å². The molecule has 3 aromatic heterocycles. The maximum atomic E-state index is 13.8. The van der Waals surface area contributed by atoms with Crippen LogP contribution in [0.5, 0.6) is 5.75 Å². The number of amides is 1. The molecule has 8 nitrogen and oxygen atoms in total. The zero-order valence-electron chi connectivity index (χ0n) is 18.8. The number of alkyl halides is 2. The monoisotopic (exact) mass is 488 g/mol. The minimum absolute atomic E-state index is 0.0431. The molecule has 0 aliphatic rings. The Hall–Kier alpha value is -3.53. The largest absolute Gasteiger partial charge is 0.496 e. The lowest BCUT2D eigenvalue weighted by atomic mass is 10.1. The van der Waals surface area contributed by atoms with Gasteiger partial charge in [0.15, 0.2) is 5.65 Å². The van der Waals surface area contributed by atoms with Crippen LogP contribution in [-0.2, 0) is 6.54 Å². The molecule has 0 aliphatic carbocycles. The summed E-state index contributed by atoms with van der Waals surface area (Å²) in [5.41, 5.74) is 2.18. The molecule has 0 atom stereocenters. The summed E-state index contributed by atoms with van der Waals surface area (Å²) < 4.78 is 35.8. The summed E-state index contributed by atoms with van der Waals surface area (Å²) in [6, 6.07) is 8.21. The fraction of sp³-hybridized carbons (Fsp3) is 0.304. The van der Waals surface area contributed by atoms with E-state index in [2.05, 4.69) is 20.5 Å². The predicted octanol–water partition coefficient (Wildman–Crippen LogP) is 4.63. The van der Waals surface area contributed by atoms with Gasteiger partial charge in [0.2, 0.25) is 0 Å². The Balaban J connectivity index is 1.58. The van der Waals surface area contributed by atoms with Crippen molar-refractivity contribution in [1.29, 1.82) is 0 Å². The third-order valence-corrected chi connectivity index (χ3v) is 6.02. The van der Waals surface area contributed by atoms with Gasteiger partial charge in [-0.2, -0.15) is 10.2 Å². The van der Waals surface area contributed by atoms with E-state index in [1.165, 1.54) is 19.4 Å². The van der Waals surface area contributed by atoms with Gasteiger partial charge in [-0.1, -0.05) is 23.7 Å². The van der Waals surface area contributed by atoms with Crippen LogP contribution < -0.4 is 10.1 Å². The molecule has 0 bridgehead atoms. The van der Waals surface area contributed by atoms with Crippen LogP contribution in [0.25, 0.3) is 16.9 Å². The van der Waals surface area contributed by atoms with Crippen molar-refractivity contribution in [3.63, 3.8) is 0 Å². The Morgan fingerprint density at radius 2 is 2.03 bits per heavy atom. The molecule has 11 heteroatoms. The molecule has 0 spiro atoms. The van der Waals surface area contributed by atoms with Gasteiger partial charge < -0.3 is 10.1 Å². The van der Waals surface area contributed by atoms with E-state index < -0.39 is 12.3 Å². The lowest BCUT2D eigenvalue weighted by molar-refractivity contribution is 0.0953. The molecule has 0 saturated heterocycles. The Morgan fingerprint density at radius 1 is 1.26 bits per heavy atom. The van der Waals surface area contributed by atoms with E-state index in [0.717, 1.165) is 15.9 Å². The molecule has 3 heterocycles. The SMILES string of the molecule is COc1ccccc1-c1cc(C(F)F)n2ncc(C(=O)NCCCn3nc(C)c(Cl)c3C)c2n1. The molecule has 0 fully saturated rings. The summed E-state index contributed by atoms with van der Waals surface area (Å²) >= 11 is 6.17. The number of halogens is 3. The van der Waals surface area contributed by atoms with Gasteiger partial charge in [-0.05, 0) is 38.5 Å². The number of nitrogens with one attached hydrogen (secondary N) is 1. The van der Waals surface area contributed by atoms with Gasteiger partial charge in [-0.25, -0.2) is 18.3 Å². The van der Waals surface area contributed by atoms with Gasteiger partial charge in [-0.3, -0.25) is 9.48 Å². The minimum Gasteiger partial charge on any atom is -0.496 e. The number of rotatable bonds is 8. The van der Waals surface area contributed by atoms with E-state index in [0.29, 0.717) is 35.8 Å². The average molecular weight is 489 g/mol. The van der Waals surface area contributed by atoms with Gasteiger partial charge in [-0.15, -0.1) is 0 Å². The number of methoxy groups -OCH3 is 1. The number of para-hydroxylation sites is 1. The van der Waals surface area contributed by atoms with Gasteiger partial charge in [0, 0.05) is 18.7 Å². The van der Waals surface area contributed by atoms with Gasteiger partial charge in [0.25, 0.3) is 12.3 Å². The first kappa shape index (κ1) is 23.6. The second kappa shape index (κ2) is 9.76. The van der Waals surface area contributed by atoms with Crippen LogP contribution >= 0.6 is 11.6 Å². The molecular formula is C23H23ClF2N6O2. The molecule has 0 aliphatic heterocycles. The van der Waals surface area contributed by atoms with E-state index in [1.807, 2.05) is 13.8 Å². The van der Waals surface area contributed by atoms with Crippen molar-refractivity contribution in [3.8, 4) is 17.0 Å².